The highest BCUT2D eigenvalue weighted by Crippen LogP contribution is 2.34. The normalized spacial score (nSPS) is 20.9. The van der Waals surface area contributed by atoms with Crippen molar-refractivity contribution >= 4 is 5.88 Å². The van der Waals surface area contributed by atoms with Crippen molar-refractivity contribution in [3.63, 3.8) is 0 Å². The van der Waals surface area contributed by atoms with Crippen LogP contribution in [0.1, 0.15) is 50.5 Å². The highest BCUT2D eigenvalue weighted by atomic mass is 16.5. The fourth-order valence-corrected chi connectivity index (χ4v) is 4.36. The lowest BCUT2D eigenvalue weighted by atomic mass is 9.94. The Labute approximate surface area is 162 Å². The third-order valence-electron chi connectivity index (χ3n) is 5.96. The number of ether oxygens (including phenoxy) is 1. The molecule has 1 saturated heterocycles. The Bertz CT molecular complexity index is 704. The number of rotatable bonds is 7. The molecule has 0 radical (unpaired) electrons. The van der Waals surface area contributed by atoms with Crippen LogP contribution in [0, 0.1) is 0 Å². The topological polar surface area (TPSA) is 50.5 Å². The first kappa shape index (κ1) is 18.5. The van der Waals surface area contributed by atoms with Crippen LogP contribution in [0.15, 0.2) is 34.9 Å². The molecule has 0 amide bonds. The first-order chi connectivity index (χ1) is 13.3. The van der Waals surface area contributed by atoms with Gasteiger partial charge in [-0.1, -0.05) is 54.8 Å². The molecule has 1 aromatic heterocycles. The maximum absolute atomic E-state index is 5.89. The second-order valence-corrected chi connectivity index (χ2v) is 7.85. The second-order valence-electron chi connectivity index (χ2n) is 7.85. The van der Waals surface area contributed by atoms with E-state index in [4.69, 9.17) is 9.26 Å². The molecule has 1 aliphatic heterocycles. The maximum Gasteiger partial charge on any atom is 0.232 e. The summed E-state index contributed by atoms with van der Waals surface area (Å²) in [6.45, 7) is 2.52. The van der Waals surface area contributed by atoms with Crippen molar-refractivity contribution in [3.05, 3.63) is 35.9 Å². The quantitative estimate of drug-likeness (QED) is 0.785. The summed E-state index contributed by atoms with van der Waals surface area (Å²) in [6.07, 6.45) is 9.10. The lowest BCUT2D eigenvalue weighted by molar-refractivity contribution is 0.110. The number of hydrogen-bond acceptors (Lipinski definition) is 5. The van der Waals surface area contributed by atoms with Crippen LogP contribution < -0.4 is 10.2 Å². The van der Waals surface area contributed by atoms with Gasteiger partial charge < -0.3 is 19.5 Å². The van der Waals surface area contributed by atoms with Crippen LogP contribution >= 0.6 is 0 Å². The largest absolute Gasteiger partial charge is 0.377 e. The van der Waals surface area contributed by atoms with Crippen molar-refractivity contribution in [1.82, 2.24) is 10.5 Å². The van der Waals surface area contributed by atoms with E-state index in [9.17, 15) is 0 Å². The van der Waals surface area contributed by atoms with Gasteiger partial charge in [0.15, 0.2) is 0 Å². The summed E-state index contributed by atoms with van der Waals surface area (Å²) < 4.78 is 11.6. The average Bonchev–Trinajstić information content (AvgIpc) is 3.39. The van der Waals surface area contributed by atoms with Gasteiger partial charge in [-0.3, -0.25) is 0 Å². The van der Waals surface area contributed by atoms with Crippen molar-refractivity contribution in [2.75, 3.05) is 25.1 Å². The van der Waals surface area contributed by atoms with E-state index in [1.165, 1.54) is 38.5 Å². The molecule has 1 N–H and O–H groups in total. The van der Waals surface area contributed by atoms with E-state index in [1.807, 2.05) is 6.07 Å². The van der Waals surface area contributed by atoms with E-state index in [0.29, 0.717) is 12.1 Å². The summed E-state index contributed by atoms with van der Waals surface area (Å²) in [6, 6.07) is 10.9. The molecule has 146 valence electrons. The third kappa shape index (κ3) is 4.36. The van der Waals surface area contributed by atoms with Gasteiger partial charge in [-0.15, -0.1) is 0 Å². The fraction of sp³-hybridized carbons (Fsp3) is 0.591. The smallest absolute Gasteiger partial charge is 0.232 e. The van der Waals surface area contributed by atoms with E-state index in [2.05, 4.69) is 46.7 Å². The van der Waals surface area contributed by atoms with E-state index >= 15 is 0 Å². The Morgan fingerprint density at radius 1 is 1.07 bits per heavy atom. The molecule has 2 aliphatic rings. The number of aromatic nitrogens is 1. The lowest BCUT2D eigenvalue weighted by Crippen LogP contribution is -2.34. The number of anilines is 1. The molecule has 2 aromatic rings. The molecular formula is C22H31N3O2. The minimum absolute atomic E-state index is 0.338. The predicted octanol–water partition coefficient (Wildman–Crippen LogP) is 4.38. The van der Waals surface area contributed by atoms with Crippen LogP contribution in [-0.2, 0) is 11.3 Å². The Hall–Kier alpha value is -1.85. The van der Waals surface area contributed by atoms with Gasteiger partial charge in [-0.2, -0.15) is 0 Å². The summed E-state index contributed by atoms with van der Waals surface area (Å²) in [4.78, 5) is 2.32. The van der Waals surface area contributed by atoms with Gasteiger partial charge in [0.1, 0.15) is 5.69 Å². The molecule has 2 heterocycles. The molecule has 0 spiro atoms. The Kier molecular flexibility index (Phi) is 6.10. The highest BCUT2D eigenvalue weighted by Gasteiger charge is 2.26. The standard InChI is InChI=1S/C22H31N3O2/c1-25(18-11-6-3-7-12-18)22-20(16-23-15-19-13-8-14-26-19)21(24-27-22)17-9-4-2-5-10-17/h2,4-5,9-10,18-19,23H,3,6-8,11-16H2,1H3. The summed E-state index contributed by atoms with van der Waals surface area (Å²) in [7, 11) is 2.16. The SMILES string of the molecule is CN(c1onc(-c2ccccc2)c1CNCC1CCCO1)C1CCCCC1. The van der Waals surface area contributed by atoms with Crippen LogP contribution in [0.5, 0.6) is 0 Å². The highest BCUT2D eigenvalue weighted by molar-refractivity contribution is 5.68. The van der Waals surface area contributed by atoms with Gasteiger partial charge in [-0.25, -0.2) is 0 Å². The van der Waals surface area contributed by atoms with Gasteiger partial charge in [-0.05, 0) is 25.7 Å². The number of hydrogen-bond donors (Lipinski definition) is 1. The number of benzene rings is 1. The molecule has 1 aliphatic carbocycles. The summed E-state index contributed by atoms with van der Waals surface area (Å²) in [5.41, 5.74) is 3.22. The fourth-order valence-electron chi connectivity index (χ4n) is 4.36. The molecule has 1 saturated carbocycles. The monoisotopic (exact) mass is 369 g/mol. The predicted molar refractivity (Wildman–Crippen MR) is 108 cm³/mol. The van der Waals surface area contributed by atoms with E-state index in [1.54, 1.807) is 0 Å². The molecule has 1 atom stereocenters. The molecule has 5 heteroatoms. The zero-order chi connectivity index (χ0) is 18.5. The Balaban J connectivity index is 1.54. The van der Waals surface area contributed by atoms with Crippen molar-refractivity contribution in [3.8, 4) is 11.3 Å². The van der Waals surface area contributed by atoms with Gasteiger partial charge in [0.05, 0.1) is 11.7 Å². The third-order valence-corrected chi connectivity index (χ3v) is 5.96. The zero-order valence-electron chi connectivity index (χ0n) is 16.3. The van der Waals surface area contributed by atoms with Gasteiger partial charge in [0, 0.05) is 38.3 Å². The summed E-state index contributed by atoms with van der Waals surface area (Å²) in [5, 5.41) is 8.05. The molecule has 5 nitrogen and oxygen atoms in total. The summed E-state index contributed by atoms with van der Waals surface area (Å²) in [5.74, 6) is 0.917. The first-order valence-corrected chi connectivity index (χ1v) is 10.4. The Morgan fingerprint density at radius 2 is 1.89 bits per heavy atom. The minimum Gasteiger partial charge on any atom is -0.377 e. The van der Waals surface area contributed by atoms with Crippen molar-refractivity contribution < 1.29 is 9.26 Å². The van der Waals surface area contributed by atoms with Crippen LogP contribution in [0.3, 0.4) is 0 Å². The second kappa shape index (κ2) is 8.89. The van der Waals surface area contributed by atoms with Crippen LogP contribution in [-0.4, -0.2) is 37.5 Å². The maximum atomic E-state index is 5.89. The summed E-state index contributed by atoms with van der Waals surface area (Å²) >= 11 is 0. The molecule has 2 fully saturated rings. The van der Waals surface area contributed by atoms with Gasteiger partial charge in [0.2, 0.25) is 5.88 Å². The number of nitrogens with zero attached hydrogens (tertiary/aromatic N) is 2. The molecular weight excluding hydrogens is 338 g/mol. The molecule has 4 rings (SSSR count). The van der Waals surface area contributed by atoms with Crippen LogP contribution in [0.2, 0.25) is 0 Å². The molecule has 1 unspecified atom stereocenters. The zero-order valence-corrected chi connectivity index (χ0v) is 16.3. The lowest BCUT2D eigenvalue weighted by Gasteiger charge is -2.31. The van der Waals surface area contributed by atoms with Crippen LogP contribution in [0.25, 0.3) is 11.3 Å². The molecule has 0 bridgehead atoms. The van der Waals surface area contributed by atoms with Crippen molar-refractivity contribution in [2.45, 2.75) is 63.6 Å². The molecule has 1 aromatic carbocycles. The van der Waals surface area contributed by atoms with Gasteiger partial charge in [0.25, 0.3) is 0 Å². The van der Waals surface area contributed by atoms with E-state index in [-0.39, 0.29) is 0 Å². The van der Waals surface area contributed by atoms with E-state index < -0.39 is 0 Å². The molecule has 27 heavy (non-hydrogen) atoms. The van der Waals surface area contributed by atoms with Crippen molar-refractivity contribution in [1.29, 1.82) is 0 Å². The average molecular weight is 370 g/mol. The van der Waals surface area contributed by atoms with Gasteiger partial charge >= 0.3 is 0 Å². The Morgan fingerprint density at radius 3 is 2.63 bits per heavy atom. The van der Waals surface area contributed by atoms with E-state index in [0.717, 1.165) is 48.8 Å². The van der Waals surface area contributed by atoms with Crippen LogP contribution in [0.4, 0.5) is 5.88 Å². The number of nitrogens with one attached hydrogen (secondary N) is 1. The first-order valence-electron chi connectivity index (χ1n) is 10.4. The minimum atomic E-state index is 0.338. The van der Waals surface area contributed by atoms with Crippen molar-refractivity contribution in [2.24, 2.45) is 0 Å².